The van der Waals surface area contributed by atoms with Gasteiger partial charge in [0, 0.05) is 17.7 Å². The van der Waals surface area contributed by atoms with Gasteiger partial charge in [0.2, 0.25) is 0 Å². The Labute approximate surface area is 138 Å². The molecular formula is C19H26N2O2. The smallest absolute Gasteiger partial charge is 0.250 e. The Morgan fingerprint density at radius 2 is 1.78 bits per heavy atom. The molecule has 23 heavy (non-hydrogen) atoms. The largest absolute Gasteiger partial charge is 0.875 e. The lowest BCUT2D eigenvalue weighted by molar-refractivity contribution is -0.942. The van der Waals surface area contributed by atoms with Gasteiger partial charge in [-0.25, -0.2) is 0 Å². The van der Waals surface area contributed by atoms with Crippen LogP contribution in [0.5, 0.6) is 0 Å². The maximum absolute atomic E-state index is 12.5. The number of hydrogen-bond acceptors (Lipinski definition) is 2. The van der Waals surface area contributed by atoms with Gasteiger partial charge < -0.3 is 14.9 Å². The topological polar surface area (TPSA) is 52.2 Å². The van der Waals surface area contributed by atoms with Crippen molar-refractivity contribution in [1.29, 1.82) is 0 Å². The van der Waals surface area contributed by atoms with Gasteiger partial charge in [-0.15, -0.1) is 5.76 Å². The molecule has 0 aromatic heterocycles. The van der Waals surface area contributed by atoms with Crippen molar-refractivity contribution in [2.45, 2.75) is 32.6 Å². The summed E-state index contributed by atoms with van der Waals surface area (Å²) in [4.78, 5) is 12.5. The average Bonchev–Trinajstić information content (AvgIpc) is 2.57. The number of allylic oxidation sites excluding steroid dienone is 1. The minimum atomic E-state index is -0.242. The predicted octanol–water partition coefficient (Wildman–Crippen LogP) is 2.28. The molecule has 0 saturated carbocycles. The van der Waals surface area contributed by atoms with Crippen molar-refractivity contribution in [3.05, 3.63) is 41.7 Å². The Hall–Kier alpha value is -1.81. The van der Waals surface area contributed by atoms with E-state index in [9.17, 15) is 9.90 Å². The van der Waals surface area contributed by atoms with E-state index in [-0.39, 0.29) is 11.7 Å². The van der Waals surface area contributed by atoms with Crippen molar-refractivity contribution >= 4 is 11.6 Å². The van der Waals surface area contributed by atoms with Crippen molar-refractivity contribution in [2.75, 3.05) is 31.5 Å². The van der Waals surface area contributed by atoms with E-state index >= 15 is 0 Å². The number of para-hydroxylation sites is 1. The molecule has 4 heteroatoms. The van der Waals surface area contributed by atoms with Crippen molar-refractivity contribution in [1.82, 2.24) is 0 Å². The molecule has 1 aromatic rings. The van der Waals surface area contributed by atoms with Gasteiger partial charge in [0.15, 0.2) is 0 Å². The Kier molecular flexibility index (Phi) is 4.71. The zero-order valence-corrected chi connectivity index (χ0v) is 13.9. The number of carbonyl (C=O) groups excluding carboxylic acids is 1. The maximum atomic E-state index is 12.5. The molecule has 4 nitrogen and oxygen atoms in total. The molecule has 2 bridgehead atoms. The van der Waals surface area contributed by atoms with Crippen molar-refractivity contribution in [2.24, 2.45) is 5.92 Å². The number of piperidine rings is 3. The first-order chi connectivity index (χ1) is 11.1. The molecule has 3 aliphatic rings. The number of nitrogens with one attached hydrogen (secondary N) is 1. The summed E-state index contributed by atoms with van der Waals surface area (Å²) < 4.78 is 1.10. The van der Waals surface area contributed by atoms with Gasteiger partial charge in [-0.1, -0.05) is 25.1 Å². The van der Waals surface area contributed by atoms with Crippen LogP contribution in [0.15, 0.2) is 41.7 Å². The molecule has 1 aromatic carbocycles. The Bertz CT molecular complexity index is 569. The van der Waals surface area contributed by atoms with Crippen molar-refractivity contribution < 1.29 is 14.4 Å². The standard InChI is InChI=1S/C19H26N2O2/c1-15(22)18(19(23)20-17-5-3-2-4-6-17)10-14-21-11-7-16(8-12-21)9-13-21/h2-6,16H,7-14H2,1H3,(H-,20,22,23). The fourth-order valence-corrected chi connectivity index (χ4v) is 4.00. The quantitative estimate of drug-likeness (QED) is 0.515. The van der Waals surface area contributed by atoms with Crippen molar-refractivity contribution in [3.63, 3.8) is 0 Å². The minimum Gasteiger partial charge on any atom is -0.875 e. The second kappa shape index (κ2) is 6.75. The highest BCUT2D eigenvalue weighted by molar-refractivity contribution is 6.03. The monoisotopic (exact) mass is 314 g/mol. The number of amides is 1. The maximum Gasteiger partial charge on any atom is 0.250 e. The van der Waals surface area contributed by atoms with Crippen LogP contribution >= 0.6 is 0 Å². The molecule has 1 amide bonds. The van der Waals surface area contributed by atoms with Crippen LogP contribution in [0.3, 0.4) is 0 Å². The lowest BCUT2D eigenvalue weighted by atomic mass is 9.85. The molecular weight excluding hydrogens is 288 g/mol. The van der Waals surface area contributed by atoms with E-state index in [2.05, 4.69) is 5.32 Å². The average molecular weight is 314 g/mol. The fourth-order valence-electron chi connectivity index (χ4n) is 4.00. The number of anilines is 1. The Morgan fingerprint density at radius 1 is 1.17 bits per heavy atom. The van der Waals surface area contributed by atoms with E-state index < -0.39 is 0 Å². The number of rotatable bonds is 5. The van der Waals surface area contributed by atoms with E-state index in [1.165, 1.54) is 45.8 Å². The first-order valence-electron chi connectivity index (χ1n) is 8.66. The van der Waals surface area contributed by atoms with Crippen LogP contribution in [0.2, 0.25) is 0 Å². The SMILES string of the molecule is C/C([O-])=C(/CC[N+]12CCC(CC1)CC2)C(=O)Nc1ccccc1. The van der Waals surface area contributed by atoms with Gasteiger partial charge in [0.1, 0.15) is 0 Å². The summed E-state index contributed by atoms with van der Waals surface area (Å²) in [5, 5.41) is 14.8. The minimum absolute atomic E-state index is 0.108. The van der Waals surface area contributed by atoms with Crippen LogP contribution in [-0.4, -0.2) is 36.6 Å². The molecule has 0 spiro atoms. The van der Waals surface area contributed by atoms with E-state index in [0.29, 0.717) is 12.0 Å². The zero-order valence-electron chi connectivity index (χ0n) is 13.9. The van der Waals surface area contributed by atoms with Crippen LogP contribution in [0.1, 0.15) is 32.6 Å². The predicted molar refractivity (Wildman–Crippen MR) is 89.5 cm³/mol. The normalized spacial score (nSPS) is 27.4. The van der Waals surface area contributed by atoms with Crippen LogP contribution < -0.4 is 10.4 Å². The molecule has 3 fully saturated rings. The molecule has 0 radical (unpaired) electrons. The van der Waals surface area contributed by atoms with Gasteiger partial charge in [-0.2, -0.15) is 0 Å². The third-order valence-corrected chi connectivity index (χ3v) is 5.60. The number of quaternary nitrogens is 1. The van der Waals surface area contributed by atoms with Gasteiger partial charge in [0.05, 0.1) is 26.2 Å². The molecule has 3 saturated heterocycles. The number of nitrogens with zero attached hydrogens (tertiary/aromatic N) is 1. The summed E-state index contributed by atoms with van der Waals surface area (Å²) >= 11 is 0. The zero-order chi connectivity index (χ0) is 16.3. The van der Waals surface area contributed by atoms with E-state index in [1.807, 2.05) is 30.3 Å². The molecule has 124 valence electrons. The molecule has 1 N–H and O–H groups in total. The Morgan fingerprint density at radius 3 is 2.35 bits per heavy atom. The van der Waals surface area contributed by atoms with Gasteiger partial charge in [-0.3, -0.25) is 4.79 Å². The second-order valence-electron chi connectivity index (χ2n) is 7.07. The van der Waals surface area contributed by atoms with Crippen LogP contribution in [0.4, 0.5) is 5.69 Å². The summed E-state index contributed by atoms with van der Waals surface area (Å²) in [6.45, 7) is 6.08. The highest BCUT2D eigenvalue weighted by Gasteiger charge is 2.39. The lowest BCUT2D eigenvalue weighted by Crippen LogP contribution is -2.58. The highest BCUT2D eigenvalue weighted by Crippen LogP contribution is 2.34. The van der Waals surface area contributed by atoms with Gasteiger partial charge >= 0.3 is 0 Å². The third kappa shape index (κ3) is 3.75. The first kappa shape index (κ1) is 16.1. The lowest BCUT2D eigenvalue weighted by Gasteiger charge is -2.49. The molecule has 0 atom stereocenters. The number of carbonyl (C=O) groups is 1. The van der Waals surface area contributed by atoms with E-state index in [1.54, 1.807) is 0 Å². The van der Waals surface area contributed by atoms with Crippen LogP contribution in [-0.2, 0) is 4.79 Å². The van der Waals surface area contributed by atoms with Gasteiger partial charge in [0.25, 0.3) is 5.91 Å². The number of fused-ring (bicyclic) bond motifs is 3. The van der Waals surface area contributed by atoms with E-state index in [0.717, 1.165) is 22.6 Å². The fraction of sp³-hybridized carbons (Fsp3) is 0.526. The third-order valence-electron chi connectivity index (χ3n) is 5.60. The van der Waals surface area contributed by atoms with Gasteiger partial charge in [-0.05, 0) is 37.3 Å². The molecule has 0 aliphatic carbocycles. The molecule has 4 rings (SSSR count). The Balaban J connectivity index is 1.63. The van der Waals surface area contributed by atoms with Crippen LogP contribution in [0.25, 0.3) is 0 Å². The van der Waals surface area contributed by atoms with E-state index in [4.69, 9.17) is 0 Å². The second-order valence-corrected chi connectivity index (χ2v) is 7.07. The summed E-state index contributed by atoms with van der Waals surface area (Å²) in [5.74, 6) is 0.574. The summed E-state index contributed by atoms with van der Waals surface area (Å²) in [5.41, 5.74) is 1.15. The first-order valence-corrected chi connectivity index (χ1v) is 8.66. The molecule has 3 heterocycles. The van der Waals surface area contributed by atoms with Crippen LogP contribution in [0, 0.1) is 5.92 Å². The number of benzene rings is 1. The van der Waals surface area contributed by atoms with Crippen molar-refractivity contribution in [3.8, 4) is 0 Å². The summed E-state index contributed by atoms with van der Waals surface area (Å²) in [6, 6.07) is 9.33. The molecule has 3 aliphatic heterocycles. The summed E-state index contributed by atoms with van der Waals surface area (Å²) in [7, 11) is 0. The highest BCUT2D eigenvalue weighted by atomic mass is 16.3. The molecule has 0 unspecified atom stereocenters. The summed E-state index contributed by atoms with van der Waals surface area (Å²) in [6.07, 6.45) is 4.52. The number of hydrogen-bond donors (Lipinski definition) is 1.